The third-order valence-corrected chi connectivity index (χ3v) is 16.7. The highest BCUT2D eigenvalue weighted by molar-refractivity contribution is 6.35. The minimum atomic E-state index is 1.21. The van der Waals surface area contributed by atoms with Gasteiger partial charge >= 0.3 is 0 Å². The van der Waals surface area contributed by atoms with Crippen LogP contribution in [0.15, 0.2) is 291 Å². The van der Waals surface area contributed by atoms with Gasteiger partial charge in [-0.05, 0) is 190 Å². The van der Waals surface area contributed by atoms with E-state index >= 15 is 0 Å². The lowest BCUT2D eigenvalue weighted by Crippen LogP contribution is -1.95. The highest BCUT2D eigenvalue weighted by Gasteiger charge is 2.37. The van der Waals surface area contributed by atoms with Crippen LogP contribution in [-0.4, -0.2) is 0 Å². The Balaban J connectivity index is 1.03. The Kier molecular flexibility index (Phi) is 10.0. The highest BCUT2D eigenvalue weighted by Crippen LogP contribution is 2.64. The predicted octanol–water partition coefficient (Wildman–Crippen LogP) is 21.8. The van der Waals surface area contributed by atoms with Crippen LogP contribution in [0.3, 0.4) is 0 Å². The van der Waals surface area contributed by atoms with Gasteiger partial charge in [0.2, 0.25) is 0 Å². The van der Waals surface area contributed by atoms with Gasteiger partial charge in [0.15, 0.2) is 0 Å². The molecule has 16 rings (SSSR count). The Labute approximate surface area is 454 Å². The first-order chi connectivity index (χ1) is 38.7. The first kappa shape index (κ1) is 44.2. The lowest BCUT2D eigenvalue weighted by atomic mass is 9.81. The third-order valence-electron chi connectivity index (χ3n) is 16.7. The molecule has 360 valence electrons. The van der Waals surface area contributed by atoms with Crippen LogP contribution in [-0.2, 0) is 0 Å². The predicted molar refractivity (Wildman–Crippen MR) is 331 cm³/mol. The number of hydrogen-bond acceptors (Lipinski definition) is 0. The molecule has 0 saturated heterocycles. The van der Waals surface area contributed by atoms with Crippen molar-refractivity contribution >= 4 is 32.3 Å². The summed E-state index contributed by atoms with van der Waals surface area (Å²) in [6.07, 6.45) is 0. The van der Waals surface area contributed by atoms with E-state index in [9.17, 15) is 0 Å². The molecule has 2 aliphatic carbocycles. The molecule has 0 saturated carbocycles. The van der Waals surface area contributed by atoms with Crippen LogP contribution in [0.1, 0.15) is 0 Å². The Morgan fingerprint density at radius 3 is 0.551 bits per heavy atom. The maximum atomic E-state index is 2.48. The summed E-state index contributed by atoms with van der Waals surface area (Å²) in [4.78, 5) is 0. The smallest absolute Gasteiger partial charge is 0.000740 e. The van der Waals surface area contributed by atoms with Crippen molar-refractivity contribution in [3.05, 3.63) is 291 Å². The first-order valence-electron chi connectivity index (χ1n) is 27.2. The molecule has 14 aromatic carbocycles. The van der Waals surface area contributed by atoms with Gasteiger partial charge in [0.1, 0.15) is 0 Å². The van der Waals surface area contributed by atoms with E-state index in [0.29, 0.717) is 0 Å². The van der Waals surface area contributed by atoms with Crippen molar-refractivity contribution in [2.75, 3.05) is 0 Å². The van der Waals surface area contributed by atoms with Crippen LogP contribution in [0.5, 0.6) is 0 Å². The molecule has 0 amide bonds. The Morgan fingerprint density at radius 2 is 0.321 bits per heavy atom. The van der Waals surface area contributed by atoms with Gasteiger partial charge in [-0.15, -0.1) is 0 Å². The van der Waals surface area contributed by atoms with Gasteiger partial charge < -0.3 is 0 Å². The summed E-state index contributed by atoms with van der Waals surface area (Å²) in [5.74, 6) is 0. The molecule has 14 aromatic rings. The second-order valence-corrected chi connectivity index (χ2v) is 20.9. The van der Waals surface area contributed by atoms with Crippen molar-refractivity contribution in [2.45, 2.75) is 0 Å². The standard InChI is InChI=1S/C78H48/c1-5-21-49(22-6-1)53-29-17-33-57(45-53)69-61-37-13-14-38-62(61)70(58-34-18-30-54(46-58)50-23-7-2-8-24-50)76-66-43-44-68-74-67(42-41-65(73(66)74)75(69)76)77-71(59-35-19-31-55(47-59)51-25-9-3-10-26-51)63-39-15-16-40-64(63)72(78(68)77)60-36-20-32-56(48-60)52-27-11-4-12-28-52/h1-48H. The largest absolute Gasteiger partial charge is 0.0622 e. The quantitative estimate of drug-likeness (QED) is 0.142. The molecule has 0 aromatic heterocycles. The van der Waals surface area contributed by atoms with E-state index in [-0.39, 0.29) is 0 Å². The molecule has 0 atom stereocenters. The fourth-order valence-electron chi connectivity index (χ4n) is 13.4. The van der Waals surface area contributed by atoms with E-state index in [1.807, 2.05) is 0 Å². The summed E-state index contributed by atoms with van der Waals surface area (Å²) >= 11 is 0. The normalized spacial score (nSPS) is 11.8. The maximum absolute atomic E-state index is 2.48. The van der Waals surface area contributed by atoms with Crippen molar-refractivity contribution in [1.82, 2.24) is 0 Å². The summed E-state index contributed by atoms with van der Waals surface area (Å²) in [7, 11) is 0. The summed E-state index contributed by atoms with van der Waals surface area (Å²) in [6, 6.07) is 108. The summed E-state index contributed by atoms with van der Waals surface area (Å²) in [6.45, 7) is 0. The van der Waals surface area contributed by atoms with E-state index < -0.39 is 0 Å². The van der Waals surface area contributed by atoms with Crippen molar-refractivity contribution in [1.29, 1.82) is 0 Å². The van der Waals surface area contributed by atoms with Crippen molar-refractivity contribution in [3.8, 4) is 134 Å². The van der Waals surface area contributed by atoms with Crippen molar-refractivity contribution in [2.24, 2.45) is 0 Å². The van der Waals surface area contributed by atoms with Crippen molar-refractivity contribution in [3.63, 3.8) is 0 Å². The Hall–Kier alpha value is -10.1. The van der Waals surface area contributed by atoms with E-state index in [0.717, 1.165) is 0 Å². The molecule has 0 N–H and O–H groups in total. The van der Waals surface area contributed by atoms with Crippen LogP contribution in [0, 0.1) is 0 Å². The fraction of sp³-hybridized carbons (Fsp3) is 0. The van der Waals surface area contributed by atoms with Gasteiger partial charge in [-0.2, -0.15) is 0 Å². The molecule has 0 heteroatoms. The molecular formula is C78H48. The molecule has 0 fully saturated rings. The molecule has 2 aliphatic rings. The second-order valence-electron chi connectivity index (χ2n) is 20.9. The first-order valence-corrected chi connectivity index (χ1v) is 27.2. The minimum absolute atomic E-state index is 1.21. The molecular weight excluding hydrogens is 937 g/mol. The molecule has 78 heavy (non-hydrogen) atoms. The molecule has 0 aliphatic heterocycles. The zero-order chi connectivity index (χ0) is 51.3. The monoisotopic (exact) mass is 984 g/mol. The van der Waals surface area contributed by atoms with Gasteiger partial charge in [-0.3, -0.25) is 0 Å². The molecule has 0 spiro atoms. The lowest BCUT2D eigenvalue weighted by Gasteiger charge is -2.22. The SMILES string of the molecule is c1ccc(-c2cccc(-c3c4c(c(-c5cccc(-c6ccccc6)c5)c5ccccc35)-c3ccc5c6c(ccc-4c36)-c3c-5c(-c4cccc(-c5ccccc5)c4)c4ccccc4c3-c3cccc(-c4ccccc4)c3)c2)cc1. The van der Waals surface area contributed by atoms with E-state index in [1.54, 1.807) is 0 Å². The van der Waals surface area contributed by atoms with Gasteiger partial charge in [0, 0.05) is 0 Å². The minimum Gasteiger partial charge on any atom is -0.0622 e. The third kappa shape index (κ3) is 6.80. The van der Waals surface area contributed by atoms with Crippen LogP contribution < -0.4 is 0 Å². The van der Waals surface area contributed by atoms with Gasteiger partial charge in [-0.1, -0.05) is 267 Å². The van der Waals surface area contributed by atoms with Gasteiger partial charge in [-0.25, -0.2) is 0 Å². The zero-order valence-electron chi connectivity index (χ0n) is 42.7. The number of fused-ring (bicyclic) bond motifs is 8. The van der Waals surface area contributed by atoms with Crippen LogP contribution >= 0.6 is 0 Å². The molecule has 0 nitrogen and oxygen atoms in total. The van der Waals surface area contributed by atoms with Gasteiger partial charge in [0.25, 0.3) is 0 Å². The highest BCUT2D eigenvalue weighted by atomic mass is 14.4. The summed E-state index contributed by atoms with van der Waals surface area (Å²) in [5.41, 5.74) is 29.9. The number of rotatable bonds is 8. The molecule has 0 heterocycles. The fourth-order valence-corrected chi connectivity index (χ4v) is 13.4. The lowest BCUT2D eigenvalue weighted by molar-refractivity contribution is 1.58. The van der Waals surface area contributed by atoms with Crippen LogP contribution in [0.25, 0.3) is 166 Å². The zero-order valence-corrected chi connectivity index (χ0v) is 42.7. The average molecular weight is 985 g/mol. The maximum Gasteiger partial charge on any atom is -0.000740 e. The topological polar surface area (TPSA) is 0 Å². The van der Waals surface area contributed by atoms with Crippen LogP contribution in [0.4, 0.5) is 0 Å². The summed E-state index contributed by atoms with van der Waals surface area (Å²) in [5, 5.41) is 7.64. The molecule has 0 radical (unpaired) electrons. The van der Waals surface area contributed by atoms with E-state index in [1.165, 1.54) is 166 Å². The number of hydrogen-bond donors (Lipinski definition) is 0. The molecule has 0 bridgehead atoms. The van der Waals surface area contributed by atoms with E-state index in [4.69, 9.17) is 0 Å². The Morgan fingerprint density at radius 1 is 0.128 bits per heavy atom. The second kappa shape index (κ2) is 17.7. The Bertz CT molecular complexity index is 4140. The van der Waals surface area contributed by atoms with E-state index in [2.05, 4.69) is 291 Å². The van der Waals surface area contributed by atoms with Crippen molar-refractivity contribution < 1.29 is 0 Å². The molecule has 0 unspecified atom stereocenters. The summed E-state index contributed by atoms with van der Waals surface area (Å²) < 4.78 is 0. The van der Waals surface area contributed by atoms with Crippen LogP contribution in [0.2, 0.25) is 0 Å². The average Bonchev–Trinajstić information content (AvgIpc) is 4.11. The van der Waals surface area contributed by atoms with Gasteiger partial charge in [0.05, 0.1) is 0 Å². The number of benzene rings is 14.